The third-order valence-corrected chi connectivity index (χ3v) is 7.95. The van der Waals surface area contributed by atoms with Crippen LogP contribution in [0.2, 0.25) is 0 Å². The zero-order valence-corrected chi connectivity index (χ0v) is 21.6. The van der Waals surface area contributed by atoms with E-state index < -0.39 is 5.60 Å². The summed E-state index contributed by atoms with van der Waals surface area (Å²) in [6.45, 7) is 10.3. The van der Waals surface area contributed by atoms with E-state index in [0.29, 0.717) is 5.56 Å². The summed E-state index contributed by atoms with van der Waals surface area (Å²) < 4.78 is 13.3. The van der Waals surface area contributed by atoms with Gasteiger partial charge in [-0.3, -0.25) is 0 Å². The molecule has 1 atom stereocenters. The predicted octanol–water partition coefficient (Wildman–Crippen LogP) is 7.32. The van der Waals surface area contributed by atoms with Crippen molar-refractivity contribution in [3.63, 3.8) is 0 Å². The molecule has 0 amide bonds. The fourth-order valence-electron chi connectivity index (χ4n) is 6.59. The molecule has 7 rings (SSSR count). The quantitative estimate of drug-likeness (QED) is 0.343. The van der Waals surface area contributed by atoms with Crippen LogP contribution in [-0.4, -0.2) is 19.1 Å². The minimum absolute atomic E-state index is 0.268. The third kappa shape index (κ3) is 2.97. The normalized spacial score (nSPS) is 20.6. The van der Waals surface area contributed by atoms with Crippen molar-refractivity contribution in [3.05, 3.63) is 93.0 Å². The molecule has 3 aromatic rings. The Morgan fingerprint density at radius 1 is 1.00 bits per heavy atom. The van der Waals surface area contributed by atoms with Crippen molar-refractivity contribution in [1.82, 2.24) is 0 Å². The third-order valence-electron chi connectivity index (χ3n) is 7.95. The first-order chi connectivity index (χ1) is 17.6. The van der Waals surface area contributed by atoms with Gasteiger partial charge in [0.2, 0.25) is 0 Å². The number of fused-ring (bicyclic) bond motifs is 7. The van der Waals surface area contributed by atoms with Gasteiger partial charge in [-0.15, -0.1) is 0 Å². The van der Waals surface area contributed by atoms with Gasteiger partial charge >= 0.3 is 5.97 Å². The number of rotatable bonds is 1. The maximum Gasteiger partial charge on any atom is 0.340 e. The van der Waals surface area contributed by atoms with Crippen LogP contribution in [0, 0.1) is 6.92 Å². The maximum absolute atomic E-state index is 13.3. The second-order valence-corrected chi connectivity index (χ2v) is 9.82. The van der Waals surface area contributed by atoms with E-state index in [1.54, 1.807) is 0 Å². The number of esters is 1. The number of carbonyl (C=O) groups excluding carboxylic acids is 1. The molecule has 0 aliphatic carbocycles. The summed E-state index contributed by atoms with van der Waals surface area (Å²) in [7, 11) is 0. The Bertz CT molecular complexity index is 1420. The Hall–Kier alpha value is -3.53. The van der Waals surface area contributed by atoms with Crippen LogP contribution in [0.4, 0.5) is 5.69 Å². The number of ether oxygens (including phenoxy) is 2. The molecule has 0 radical (unpaired) electrons. The topological polar surface area (TPSA) is 38.8 Å². The van der Waals surface area contributed by atoms with Crippen molar-refractivity contribution in [2.45, 2.75) is 59.0 Å². The Labute approximate surface area is 213 Å². The van der Waals surface area contributed by atoms with E-state index in [-0.39, 0.29) is 5.97 Å². The Morgan fingerprint density at radius 3 is 2.58 bits per heavy atom. The number of hydrogen-bond donors (Lipinski definition) is 0. The lowest BCUT2D eigenvalue weighted by molar-refractivity contribution is 0.0222. The van der Waals surface area contributed by atoms with Gasteiger partial charge < -0.3 is 14.4 Å². The minimum atomic E-state index is -1.01. The molecule has 0 fully saturated rings. The predicted molar refractivity (Wildman–Crippen MR) is 144 cm³/mol. The molecule has 4 aliphatic heterocycles. The second-order valence-electron chi connectivity index (χ2n) is 9.82. The lowest BCUT2D eigenvalue weighted by Crippen LogP contribution is -2.38. The molecule has 4 aliphatic rings. The fourth-order valence-corrected chi connectivity index (χ4v) is 6.59. The van der Waals surface area contributed by atoms with Crippen molar-refractivity contribution in [3.8, 4) is 11.5 Å². The molecule has 1 spiro atoms. The van der Waals surface area contributed by atoms with E-state index in [0.717, 1.165) is 78.1 Å². The van der Waals surface area contributed by atoms with Crippen LogP contribution >= 0.6 is 0 Å². The summed E-state index contributed by atoms with van der Waals surface area (Å²) in [5, 5.41) is 0. The van der Waals surface area contributed by atoms with Gasteiger partial charge in [-0.2, -0.15) is 0 Å². The van der Waals surface area contributed by atoms with Gasteiger partial charge in [-0.1, -0.05) is 50.3 Å². The number of carbonyl (C=O) groups is 1. The first-order valence-corrected chi connectivity index (χ1v) is 13.3. The van der Waals surface area contributed by atoms with Crippen molar-refractivity contribution in [2.75, 3.05) is 18.0 Å². The van der Waals surface area contributed by atoms with Crippen molar-refractivity contribution < 1.29 is 14.3 Å². The Balaban J connectivity index is 0.00000117. The number of anilines is 1. The maximum atomic E-state index is 13.3. The van der Waals surface area contributed by atoms with E-state index in [9.17, 15) is 4.79 Å². The molecule has 4 nitrogen and oxygen atoms in total. The van der Waals surface area contributed by atoms with Gasteiger partial charge in [0.15, 0.2) is 5.60 Å². The summed E-state index contributed by atoms with van der Waals surface area (Å²) in [5.41, 5.74) is 8.64. The molecule has 184 valence electrons. The van der Waals surface area contributed by atoms with E-state index >= 15 is 0 Å². The van der Waals surface area contributed by atoms with Gasteiger partial charge in [-0.25, -0.2) is 4.79 Å². The molecule has 4 heteroatoms. The van der Waals surface area contributed by atoms with Crippen LogP contribution in [0.1, 0.15) is 82.9 Å². The van der Waals surface area contributed by atoms with E-state index in [1.165, 1.54) is 16.8 Å². The van der Waals surface area contributed by atoms with Gasteiger partial charge in [-0.05, 0) is 74.4 Å². The Kier molecular flexibility index (Phi) is 5.44. The van der Waals surface area contributed by atoms with Crippen LogP contribution in [0.25, 0.3) is 6.08 Å². The summed E-state index contributed by atoms with van der Waals surface area (Å²) >= 11 is 0. The van der Waals surface area contributed by atoms with E-state index in [2.05, 4.69) is 36.1 Å². The van der Waals surface area contributed by atoms with Gasteiger partial charge in [0, 0.05) is 35.5 Å². The molecule has 1 unspecified atom stereocenters. The van der Waals surface area contributed by atoms with Crippen molar-refractivity contribution in [2.24, 2.45) is 0 Å². The zero-order chi connectivity index (χ0) is 25.0. The number of allylic oxidation sites excluding steroid dienone is 1. The molecule has 36 heavy (non-hydrogen) atoms. The van der Waals surface area contributed by atoms with Gasteiger partial charge in [0.05, 0.1) is 11.1 Å². The van der Waals surface area contributed by atoms with Crippen LogP contribution < -0.4 is 9.64 Å². The van der Waals surface area contributed by atoms with Crippen LogP contribution in [0.15, 0.2) is 48.5 Å². The summed E-state index contributed by atoms with van der Waals surface area (Å²) in [6.07, 6.45) is 8.44. The van der Waals surface area contributed by atoms with Gasteiger partial charge in [0.25, 0.3) is 0 Å². The standard InChI is InChI=1S/C30H27NO3.C2H6/c1-3-8-20-18(2)13-14-25-26(20)30(23-12-5-4-10-21(23)29(32)34-30)24-17-19-9-6-15-31-16-7-11-22(27(19)31)28(24)33-25;1-2/h3-5,8,10,12-14,17H,6-7,9,11,15-16H2,1-2H3;1-2H3/b8-3-;. The molecular formula is C32H33NO3. The smallest absolute Gasteiger partial charge is 0.340 e. The highest BCUT2D eigenvalue weighted by molar-refractivity contribution is 5.97. The van der Waals surface area contributed by atoms with Gasteiger partial charge in [0.1, 0.15) is 11.5 Å². The molecule has 0 aromatic heterocycles. The molecule has 0 bridgehead atoms. The van der Waals surface area contributed by atoms with Crippen molar-refractivity contribution in [1.29, 1.82) is 0 Å². The molecular weight excluding hydrogens is 446 g/mol. The SMILES string of the molecule is C/C=C\c1c(C)ccc2c1C1(OC(=O)c3ccccc31)c1cc3c4c(c1O2)CCCN4CCC3.CC. The largest absolute Gasteiger partial charge is 0.456 e. The second kappa shape index (κ2) is 8.55. The fraction of sp³-hybridized carbons (Fsp3) is 0.344. The number of benzene rings is 3. The highest BCUT2D eigenvalue weighted by Crippen LogP contribution is 2.60. The average Bonchev–Trinajstić information content (AvgIpc) is 3.21. The first kappa shape index (κ1) is 22.9. The minimum Gasteiger partial charge on any atom is -0.456 e. The van der Waals surface area contributed by atoms with Crippen LogP contribution in [-0.2, 0) is 23.2 Å². The average molecular weight is 480 g/mol. The number of aryl methyl sites for hydroxylation is 2. The lowest BCUT2D eigenvalue weighted by Gasteiger charge is -2.43. The molecule has 0 saturated heterocycles. The van der Waals surface area contributed by atoms with Crippen LogP contribution in [0.5, 0.6) is 11.5 Å². The number of nitrogens with zero attached hydrogens (tertiary/aromatic N) is 1. The number of hydrogen-bond acceptors (Lipinski definition) is 4. The molecule has 3 aromatic carbocycles. The Morgan fingerprint density at radius 2 is 1.78 bits per heavy atom. The summed E-state index contributed by atoms with van der Waals surface area (Å²) in [4.78, 5) is 15.9. The summed E-state index contributed by atoms with van der Waals surface area (Å²) in [5.74, 6) is 1.40. The molecule has 0 saturated carbocycles. The van der Waals surface area contributed by atoms with E-state index in [4.69, 9.17) is 9.47 Å². The lowest BCUT2D eigenvalue weighted by atomic mass is 9.73. The first-order valence-electron chi connectivity index (χ1n) is 13.3. The zero-order valence-electron chi connectivity index (χ0n) is 21.6. The highest BCUT2D eigenvalue weighted by Gasteiger charge is 2.55. The summed E-state index contributed by atoms with van der Waals surface area (Å²) in [6, 6.07) is 14.3. The van der Waals surface area contributed by atoms with Crippen molar-refractivity contribution >= 4 is 17.7 Å². The highest BCUT2D eigenvalue weighted by atomic mass is 16.6. The molecule has 4 heterocycles. The van der Waals surface area contributed by atoms with E-state index in [1.807, 2.05) is 51.1 Å². The van der Waals surface area contributed by atoms with Crippen LogP contribution in [0.3, 0.4) is 0 Å². The molecule has 0 N–H and O–H groups in total. The monoisotopic (exact) mass is 479 g/mol.